The summed E-state index contributed by atoms with van der Waals surface area (Å²) in [5, 5.41) is 9.35. The average Bonchev–Trinajstić information content (AvgIpc) is 2.66. The van der Waals surface area contributed by atoms with Crippen molar-refractivity contribution in [3.8, 4) is 0 Å². The van der Waals surface area contributed by atoms with E-state index in [4.69, 9.17) is 0 Å². The lowest BCUT2D eigenvalue weighted by Crippen LogP contribution is -2.29. The third-order valence-corrected chi connectivity index (χ3v) is 4.03. The highest BCUT2D eigenvalue weighted by Gasteiger charge is 2.25. The van der Waals surface area contributed by atoms with Crippen LogP contribution in [0.3, 0.4) is 0 Å². The van der Waals surface area contributed by atoms with Crippen LogP contribution < -0.4 is 5.32 Å². The Bertz CT molecular complexity index is 492. The van der Waals surface area contributed by atoms with Crippen LogP contribution in [0.25, 0.3) is 0 Å². The van der Waals surface area contributed by atoms with Crippen molar-refractivity contribution < 1.29 is 8.42 Å². The SMILES string of the molecule is C=C(C)CN(C)S(=O)(=O)c1[nH]ncc1CNC. The van der Waals surface area contributed by atoms with Crippen LogP contribution in [-0.2, 0) is 16.6 Å². The van der Waals surface area contributed by atoms with Crippen LogP contribution in [0.5, 0.6) is 0 Å². The highest BCUT2D eigenvalue weighted by atomic mass is 32.2. The standard InChI is InChI=1S/C10H18N4O2S/c1-8(2)7-14(4)17(15,16)10-9(5-11-3)6-12-13-10/h6,11H,1,5,7H2,2-4H3,(H,12,13). The predicted octanol–water partition coefficient (Wildman–Crippen LogP) is 0.326. The molecule has 1 heterocycles. The second-order valence-electron chi connectivity index (χ2n) is 3.97. The van der Waals surface area contributed by atoms with Crippen molar-refractivity contribution in [3.63, 3.8) is 0 Å². The van der Waals surface area contributed by atoms with Crippen molar-refractivity contribution in [2.24, 2.45) is 0 Å². The number of hydrogen-bond donors (Lipinski definition) is 2. The summed E-state index contributed by atoms with van der Waals surface area (Å²) in [7, 11) is -0.256. The molecule has 0 bridgehead atoms. The third-order valence-electron chi connectivity index (χ3n) is 2.21. The first-order valence-corrected chi connectivity index (χ1v) is 6.61. The minimum Gasteiger partial charge on any atom is -0.316 e. The van der Waals surface area contributed by atoms with Gasteiger partial charge in [0.05, 0.1) is 6.20 Å². The van der Waals surface area contributed by atoms with E-state index in [1.165, 1.54) is 17.5 Å². The fourth-order valence-electron chi connectivity index (χ4n) is 1.46. The van der Waals surface area contributed by atoms with Gasteiger partial charge in [-0.2, -0.15) is 9.40 Å². The lowest BCUT2D eigenvalue weighted by molar-refractivity contribution is 0.488. The van der Waals surface area contributed by atoms with Gasteiger partial charge in [0.2, 0.25) is 0 Å². The van der Waals surface area contributed by atoms with Gasteiger partial charge in [0, 0.05) is 25.7 Å². The van der Waals surface area contributed by atoms with Gasteiger partial charge >= 0.3 is 0 Å². The minimum atomic E-state index is -3.53. The van der Waals surface area contributed by atoms with E-state index in [-0.39, 0.29) is 5.03 Å². The Balaban J connectivity index is 3.04. The van der Waals surface area contributed by atoms with Gasteiger partial charge in [0.15, 0.2) is 5.03 Å². The number of hydrogen-bond acceptors (Lipinski definition) is 4. The number of rotatable bonds is 6. The summed E-state index contributed by atoms with van der Waals surface area (Å²) in [6.07, 6.45) is 1.51. The minimum absolute atomic E-state index is 0.135. The topological polar surface area (TPSA) is 78.1 Å². The van der Waals surface area contributed by atoms with Crippen LogP contribution in [0.4, 0.5) is 0 Å². The van der Waals surface area contributed by atoms with Crippen LogP contribution >= 0.6 is 0 Å². The lowest BCUT2D eigenvalue weighted by atomic mass is 10.4. The second kappa shape index (κ2) is 5.44. The molecule has 6 nitrogen and oxygen atoms in total. The van der Waals surface area contributed by atoms with Gasteiger partial charge in [-0.15, -0.1) is 0 Å². The molecule has 0 spiro atoms. The van der Waals surface area contributed by atoms with Gasteiger partial charge in [-0.05, 0) is 14.0 Å². The van der Waals surface area contributed by atoms with Gasteiger partial charge in [-0.3, -0.25) is 5.10 Å². The molecule has 0 aliphatic heterocycles. The van der Waals surface area contributed by atoms with Crippen molar-refractivity contribution in [1.82, 2.24) is 19.8 Å². The summed E-state index contributed by atoms with van der Waals surface area (Å²) in [6, 6.07) is 0. The van der Waals surface area contributed by atoms with Gasteiger partial charge in [0.1, 0.15) is 0 Å². The highest BCUT2D eigenvalue weighted by Crippen LogP contribution is 2.16. The quantitative estimate of drug-likeness (QED) is 0.721. The summed E-state index contributed by atoms with van der Waals surface area (Å²) in [5.74, 6) is 0. The van der Waals surface area contributed by atoms with Gasteiger partial charge < -0.3 is 5.32 Å². The maximum Gasteiger partial charge on any atom is 0.260 e. The Morgan fingerprint density at radius 3 is 2.82 bits per heavy atom. The van der Waals surface area contributed by atoms with Crippen LogP contribution in [0.15, 0.2) is 23.4 Å². The van der Waals surface area contributed by atoms with Gasteiger partial charge in [0.25, 0.3) is 10.0 Å². The van der Waals surface area contributed by atoms with E-state index in [0.29, 0.717) is 18.7 Å². The van der Waals surface area contributed by atoms with E-state index in [1.807, 2.05) is 0 Å². The maximum atomic E-state index is 12.2. The lowest BCUT2D eigenvalue weighted by Gasteiger charge is -2.16. The summed E-state index contributed by atoms with van der Waals surface area (Å²) < 4.78 is 25.7. The number of aromatic amines is 1. The summed E-state index contributed by atoms with van der Waals surface area (Å²) in [6.45, 7) is 6.23. The molecule has 0 aromatic carbocycles. The van der Waals surface area contributed by atoms with Crippen LogP contribution in [-0.4, -0.2) is 43.6 Å². The molecule has 0 saturated heterocycles. The average molecular weight is 258 g/mol. The fraction of sp³-hybridized carbons (Fsp3) is 0.500. The molecule has 0 atom stereocenters. The number of aromatic nitrogens is 2. The van der Waals surface area contributed by atoms with Crippen LogP contribution in [0.1, 0.15) is 12.5 Å². The second-order valence-corrected chi connectivity index (χ2v) is 5.95. The molecule has 2 N–H and O–H groups in total. The van der Waals surface area contributed by atoms with E-state index in [0.717, 1.165) is 5.57 Å². The molecule has 1 aromatic heterocycles. The molecule has 0 unspecified atom stereocenters. The van der Waals surface area contributed by atoms with E-state index in [9.17, 15) is 8.42 Å². The molecule has 1 aromatic rings. The Hall–Kier alpha value is -1.18. The molecule has 7 heteroatoms. The molecule has 0 saturated carbocycles. The molecule has 0 fully saturated rings. The third kappa shape index (κ3) is 3.15. The largest absolute Gasteiger partial charge is 0.316 e. The zero-order chi connectivity index (χ0) is 13.1. The van der Waals surface area contributed by atoms with Crippen molar-refractivity contribution in [2.75, 3.05) is 20.6 Å². The highest BCUT2D eigenvalue weighted by molar-refractivity contribution is 7.89. The normalized spacial score (nSPS) is 12.0. The number of nitrogens with one attached hydrogen (secondary N) is 2. The van der Waals surface area contributed by atoms with E-state index in [2.05, 4.69) is 22.1 Å². The monoisotopic (exact) mass is 258 g/mol. The van der Waals surface area contributed by atoms with Crippen LogP contribution in [0, 0.1) is 0 Å². The fourth-order valence-corrected chi connectivity index (χ4v) is 2.79. The Morgan fingerprint density at radius 2 is 2.29 bits per heavy atom. The molecule has 0 aliphatic rings. The Labute approximate surface area is 102 Å². The van der Waals surface area contributed by atoms with Crippen molar-refractivity contribution in [1.29, 1.82) is 0 Å². The zero-order valence-electron chi connectivity index (χ0n) is 10.3. The Morgan fingerprint density at radius 1 is 1.65 bits per heavy atom. The number of H-pyrrole nitrogens is 1. The first kappa shape index (κ1) is 13.9. The maximum absolute atomic E-state index is 12.2. The van der Waals surface area contributed by atoms with E-state index >= 15 is 0 Å². The molecule has 0 amide bonds. The molecular formula is C10H18N4O2S. The molecule has 0 aliphatic carbocycles. The summed E-state index contributed by atoms with van der Waals surface area (Å²) in [4.78, 5) is 0. The van der Waals surface area contributed by atoms with E-state index < -0.39 is 10.0 Å². The molecule has 96 valence electrons. The molecule has 0 radical (unpaired) electrons. The number of nitrogens with zero attached hydrogens (tertiary/aromatic N) is 2. The first-order valence-electron chi connectivity index (χ1n) is 5.17. The first-order chi connectivity index (χ1) is 7.89. The van der Waals surface area contributed by atoms with E-state index in [1.54, 1.807) is 14.0 Å². The van der Waals surface area contributed by atoms with Gasteiger partial charge in [-0.1, -0.05) is 12.2 Å². The molecule has 17 heavy (non-hydrogen) atoms. The smallest absolute Gasteiger partial charge is 0.260 e. The summed E-state index contributed by atoms with van der Waals surface area (Å²) >= 11 is 0. The Kier molecular flexibility index (Phi) is 4.44. The molecular weight excluding hydrogens is 240 g/mol. The van der Waals surface area contributed by atoms with Crippen molar-refractivity contribution >= 4 is 10.0 Å². The predicted molar refractivity (Wildman–Crippen MR) is 66.0 cm³/mol. The van der Waals surface area contributed by atoms with Crippen molar-refractivity contribution in [2.45, 2.75) is 18.5 Å². The zero-order valence-corrected chi connectivity index (χ0v) is 11.1. The van der Waals surface area contributed by atoms with Crippen molar-refractivity contribution in [3.05, 3.63) is 23.9 Å². The summed E-state index contributed by atoms with van der Waals surface area (Å²) in [5.41, 5.74) is 1.41. The number of likely N-dealkylation sites (N-methyl/N-ethyl adjacent to an activating group) is 1. The number of sulfonamides is 1. The van der Waals surface area contributed by atoms with Crippen LogP contribution in [0.2, 0.25) is 0 Å². The van der Waals surface area contributed by atoms with Gasteiger partial charge in [-0.25, -0.2) is 8.42 Å². The molecule has 1 rings (SSSR count).